The number of aromatic nitrogens is 1. The van der Waals surface area contributed by atoms with Crippen LogP contribution in [0.5, 0.6) is 5.75 Å². The normalized spacial score (nSPS) is 11.1. The number of nitrogens with zero attached hydrogens (tertiary/aromatic N) is 1. The van der Waals surface area contributed by atoms with Gasteiger partial charge < -0.3 is 14.3 Å². The smallest absolute Gasteiger partial charge is 0.339 e. The maximum absolute atomic E-state index is 13.0. The zero-order chi connectivity index (χ0) is 20.5. The number of hydrogen-bond donors (Lipinski definition) is 1. The van der Waals surface area contributed by atoms with Crippen LogP contribution < -0.4 is 5.63 Å². The van der Waals surface area contributed by atoms with E-state index in [0.717, 1.165) is 22.2 Å². The average molecular weight is 389 g/mol. The molecule has 0 aliphatic carbocycles. The van der Waals surface area contributed by atoms with Gasteiger partial charge in [-0.25, -0.2) is 9.59 Å². The molecule has 1 N–H and O–H groups in total. The lowest BCUT2D eigenvalue weighted by molar-refractivity contribution is 0.0475. The number of rotatable bonds is 4. The molecule has 6 heteroatoms. The Morgan fingerprint density at radius 1 is 1.14 bits per heavy atom. The number of carbonyl (C=O) groups is 1. The summed E-state index contributed by atoms with van der Waals surface area (Å²) in [6.07, 6.45) is 0.699. The predicted octanol–water partition coefficient (Wildman–Crippen LogP) is 4.27. The highest BCUT2D eigenvalue weighted by atomic mass is 16.5. The van der Waals surface area contributed by atoms with E-state index in [1.54, 1.807) is 6.07 Å². The summed E-state index contributed by atoms with van der Waals surface area (Å²) in [6, 6.07) is 13.2. The first-order valence-corrected chi connectivity index (χ1v) is 9.29. The van der Waals surface area contributed by atoms with Crippen LogP contribution in [0.15, 0.2) is 57.7 Å². The lowest BCUT2D eigenvalue weighted by Crippen LogP contribution is -2.12. The average Bonchev–Trinajstić information content (AvgIpc) is 2.70. The molecule has 0 unspecified atom stereocenters. The van der Waals surface area contributed by atoms with Crippen LogP contribution in [0.25, 0.3) is 21.9 Å². The number of aromatic hydroxyl groups is 1. The largest absolute Gasteiger partial charge is 0.508 e. The van der Waals surface area contributed by atoms with Crippen molar-refractivity contribution in [2.24, 2.45) is 0 Å². The van der Waals surface area contributed by atoms with Crippen molar-refractivity contribution in [3.8, 4) is 5.75 Å². The summed E-state index contributed by atoms with van der Waals surface area (Å²) in [7, 11) is 0. The standard InChI is InChI=1S/C23H19NO5/c1-3-18-13(2)22(17-6-4-5-7-19(17)24-18)23(27)28-12-14-10-21(26)29-20-11-15(25)8-9-16(14)20/h4-11,25H,3,12H2,1-2H3. The Balaban J connectivity index is 1.72. The molecule has 2 aromatic carbocycles. The minimum Gasteiger partial charge on any atom is -0.508 e. The molecular weight excluding hydrogens is 370 g/mol. The predicted molar refractivity (Wildman–Crippen MR) is 109 cm³/mol. The summed E-state index contributed by atoms with van der Waals surface area (Å²) in [6.45, 7) is 3.76. The monoisotopic (exact) mass is 389 g/mol. The second kappa shape index (κ2) is 7.39. The molecule has 29 heavy (non-hydrogen) atoms. The number of ether oxygens (including phenoxy) is 1. The van der Waals surface area contributed by atoms with Gasteiger partial charge in [-0.3, -0.25) is 4.98 Å². The fraction of sp³-hybridized carbons (Fsp3) is 0.174. The molecule has 0 aliphatic heterocycles. The summed E-state index contributed by atoms with van der Waals surface area (Å²) in [4.78, 5) is 29.5. The first-order valence-electron chi connectivity index (χ1n) is 9.29. The Labute approximate surface area is 166 Å². The summed E-state index contributed by atoms with van der Waals surface area (Å²) < 4.78 is 10.7. The third-order valence-corrected chi connectivity index (χ3v) is 4.95. The van der Waals surface area contributed by atoms with Crippen molar-refractivity contribution in [3.05, 3.63) is 81.3 Å². The van der Waals surface area contributed by atoms with Crippen LogP contribution in [0, 0.1) is 6.92 Å². The number of hydrogen-bond acceptors (Lipinski definition) is 6. The number of fused-ring (bicyclic) bond motifs is 2. The van der Waals surface area contributed by atoms with Gasteiger partial charge in [-0.1, -0.05) is 25.1 Å². The van der Waals surface area contributed by atoms with Gasteiger partial charge in [0.05, 0.1) is 11.1 Å². The number of aryl methyl sites for hydroxylation is 1. The van der Waals surface area contributed by atoms with Crippen molar-refractivity contribution >= 4 is 27.8 Å². The van der Waals surface area contributed by atoms with Crippen molar-refractivity contribution in [1.29, 1.82) is 0 Å². The first-order chi connectivity index (χ1) is 14.0. The quantitative estimate of drug-likeness (QED) is 0.414. The number of esters is 1. The molecule has 2 aromatic heterocycles. The Hall–Kier alpha value is -3.67. The van der Waals surface area contributed by atoms with Crippen molar-refractivity contribution in [2.45, 2.75) is 26.9 Å². The van der Waals surface area contributed by atoms with E-state index in [9.17, 15) is 14.7 Å². The van der Waals surface area contributed by atoms with Crippen LogP contribution in [0.4, 0.5) is 0 Å². The number of para-hydroxylation sites is 1. The molecule has 0 radical (unpaired) electrons. The minimum atomic E-state index is -0.576. The maximum Gasteiger partial charge on any atom is 0.339 e. The summed E-state index contributed by atoms with van der Waals surface area (Å²) in [5, 5.41) is 10.9. The van der Waals surface area contributed by atoms with Gasteiger partial charge in [-0.15, -0.1) is 0 Å². The lowest BCUT2D eigenvalue weighted by Gasteiger charge is -2.13. The number of phenolic OH excluding ortho intramolecular Hbond substituents is 1. The number of carbonyl (C=O) groups excluding carboxylic acids is 1. The Morgan fingerprint density at radius 2 is 1.93 bits per heavy atom. The van der Waals surface area contributed by atoms with E-state index < -0.39 is 11.6 Å². The topological polar surface area (TPSA) is 89.6 Å². The fourth-order valence-electron chi connectivity index (χ4n) is 3.52. The highest BCUT2D eigenvalue weighted by Gasteiger charge is 2.19. The molecule has 2 heterocycles. The zero-order valence-electron chi connectivity index (χ0n) is 16.1. The van der Waals surface area contributed by atoms with E-state index in [4.69, 9.17) is 9.15 Å². The van der Waals surface area contributed by atoms with Gasteiger partial charge in [0.25, 0.3) is 0 Å². The van der Waals surface area contributed by atoms with Crippen LogP contribution in [0.2, 0.25) is 0 Å². The van der Waals surface area contributed by atoms with E-state index in [1.807, 2.05) is 38.1 Å². The number of benzene rings is 2. The number of phenols is 1. The Bertz CT molecular complexity index is 1310. The van der Waals surface area contributed by atoms with E-state index in [-0.39, 0.29) is 17.9 Å². The van der Waals surface area contributed by atoms with E-state index in [0.29, 0.717) is 22.9 Å². The van der Waals surface area contributed by atoms with E-state index in [2.05, 4.69) is 4.98 Å². The van der Waals surface area contributed by atoms with Crippen LogP contribution in [0.1, 0.15) is 34.1 Å². The fourth-order valence-corrected chi connectivity index (χ4v) is 3.52. The van der Waals surface area contributed by atoms with Gasteiger partial charge >= 0.3 is 11.6 Å². The molecule has 4 rings (SSSR count). The van der Waals surface area contributed by atoms with Crippen LogP contribution >= 0.6 is 0 Å². The third-order valence-electron chi connectivity index (χ3n) is 4.95. The second-order valence-corrected chi connectivity index (χ2v) is 6.78. The Morgan fingerprint density at radius 3 is 2.72 bits per heavy atom. The molecule has 0 bridgehead atoms. The highest BCUT2D eigenvalue weighted by molar-refractivity contribution is 6.05. The Kier molecular flexibility index (Phi) is 4.76. The minimum absolute atomic E-state index is 0.0132. The molecular formula is C23H19NO5. The van der Waals surface area contributed by atoms with Crippen molar-refractivity contribution in [2.75, 3.05) is 0 Å². The second-order valence-electron chi connectivity index (χ2n) is 6.78. The van der Waals surface area contributed by atoms with Gasteiger partial charge in [-0.05, 0) is 37.1 Å². The van der Waals surface area contributed by atoms with Crippen LogP contribution in [-0.2, 0) is 17.8 Å². The summed E-state index contributed by atoms with van der Waals surface area (Å²) >= 11 is 0. The highest BCUT2D eigenvalue weighted by Crippen LogP contribution is 2.26. The van der Waals surface area contributed by atoms with Gasteiger partial charge in [0, 0.05) is 34.2 Å². The summed E-state index contributed by atoms with van der Waals surface area (Å²) in [5.41, 5.74) is 3.03. The first kappa shape index (κ1) is 18.7. The van der Waals surface area contributed by atoms with Crippen molar-refractivity contribution in [1.82, 2.24) is 4.98 Å². The third kappa shape index (κ3) is 3.45. The van der Waals surface area contributed by atoms with Gasteiger partial charge in [0.15, 0.2) is 0 Å². The van der Waals surface area contributed by atoms with Crippen LogP contribution in [-0.4, -0.2) is 16.1 Å². The van der Waals surface area contributed by atoms with E-state index in [1.165, 1.54) is 18.2 Å². The molecule has 0 spiro atoms. The van der Waals surface area contributed by atoms with Gasteiger partial charge in [0.1, 0.15) is 17.9 Å². The summed E-state index contributed by atoms with van der Waals surface area (Å²) in [5.74, 6) is -0.489. The van der Waals surface area contributed by atoms with Crippen LogP contribution in [0.3, 0.4) is 0 Å². The van der Waals surface area contributed by atoms with E-state index >= 15 is 0 Å². The zero-order valence-corrected chi connectivity index (χ0v) is 16.1. The maximum atomic E-state index is 13.0. The molecule has 0 fully saturated rings. The molecule has 146 valence electrons. The molecule has 6 nitrogen and oxygen atoms in total. The van der Waals surface area contributed by atoms with Crippen molar-refractivity contribution < 1.29 is 19.1 Å². The SMILES string of the molecule is CCc1nc2ccccc2c(C(=O)OCc2cc(=O)oc3cc(O)ccc23)c1C. The van der Waals surface area contributed by atoms with Gasteiger partial charge in [0.2, 0.25) is 0 Å². The van der Waals surface area contributed by atoms with Gasteiger partial charge in [-0.2, -0.15) is 0 Å². The molecule has 0 aliphatic rings. The molecule has 4 aromatic rings. The molecule has 0 atom stereocenters. The van der Waals surface area contributed by atoms with Crippen molar-refractivity contribution in [3.63, 3.8) is 0 Å². The molecule has 0 amide bonds. The lowest BCUT2D eigenvalue weighted by atomic mass is 10.0. The molecule has 0 saturated heterocycles. The number of pyridine rings is 1. The molecule has 0 saturated carbocycles.